The minimum Gasteiger partial charge on any atom is -0.479 e. The first kappa shape index (κ1) is 11.2. The van der Waals surface area contributed by atoms with Gasteiger partial charge >= 0.3 is 0 Å². The molecule has 2 atom stereocenters. The van der Waals surface area contributed by atoms with E-state index >= 15 is 0 Å². The second-order valence-electron chi connectivity index (χ2n) is 2.90. The lowest BCUT2D eigenvalue weighted by atomic mass is 10.3. The fourth-order valence-corrected chi connectivity index (χ4v) is 1.04. The first-order valence-electron chi connectivity index (χ1n) is 4.47. The van der Waals surface area contributed by atoms with E-state index in [0.29, 0.717) is 18.9 Å². The van der Waals surface area contributed by atoms with Crippen LogP contribution in [-0.2, 0) is 14.4 Å². The Morgan fingerprint density at radius 3 is 3.21 bits per heavy atom. The number of hydrogen-bond donors (Lipinski definition) is 2. The summed E-state index contributed by atoms with van der Waals surface area (Å²) in [5, 5.41) is 5.96. The summed E-state index contributed by atoms with van der Waals surface area (Å²) in [4.78, 5) is 16.1. The molecule has 1 unspecified atom stereocenters. The second kappa shape index (κ2) is 5.09. The van der Waals surface area contributed by atoms with Crippen LogP contribution in [-0.4, -0.2) is 29.9 Å². The van der Waals surface area contributed by atoms with Gasteiger partial charge in [-0.05, 0) is 19.0 Å². The lowest BCUT2D eigenvalue weighted by Crippen LogP contribution is -2.38. The van der Waals surface area contributed by atoms with Crippen molar-refractivity contribution in [1.29, 1.82) is 0 Å². The molecule has 0 saturated heterocycles. The fraction of sp³-hybridized carbons (Fsp3) is 0.750. The number of rotatable bonds is 3. The molecular weight excluding hydrogens is 204 g/mol. The molecule has 0 aliphatic carbocycles. The van der Waals surface area contributed by atoms with Gasteiger partial charge in [-0.25, -0.2) is 0 Å². The Bertz CT molecular complexity index is 243. The number of nitrogens with one attached hydrogen (secondary N) is 1. The Labute approximate surface area is 88.2 Å². The van der Waals surface area contributed by atoms with Crippen molar-refractivity contribution in [2.45, 2.75) is 31.7 Å². The highest BCUT2D eigenvalue weighted by Crippen LogP contribution is 2.09. The van der Waals surface area contributed by atoms with E-state index in [0.717, 1.165) is 0 Å². The summed E-state index contributed by atoms with van der Waals surface area (Å²) in [5.74, 6) is 0.343. The van der Waals surface area contributed by atoms with E-state index < -0.39 is 6.23 Å². The van der Waals surface area contributed by atoms with E-state index in [1.54, 1.807) is 6.92 Å². The van der Waals surface area contributed by atoms with Crippen molar-refractivity contribution in [3.63, 3.8) is 0 Å². The third-order valence-electron chi connectivity index (χ3n) is 1.64. The lowest BCUT2D eigenvalue weighted by Gasteiger charge is -2.11. The normalized spacial score (nSPS) is 22.2. The van der Waals surface area contributed by atoms with Gasteiger partial charge in [-0.15, -0.1) is 0 Å². The van der Waals surface area contributed by atoms with Crippen molar-refractivity contribution >= 4 is 24.4 Å². The van der Waals surface area contributed by atoms with Crippen molar-refractivity contribution in [3.05, 3.63) is 0 Å². The van der Waals surface area contributed by atoms with Gasteiger partial charge in [0.05, 0.1) is 18.3 Å². The molecular formula is C8H14N2O3S. The lowest BCUT2D eigenvalue weighted by molar-refractivity contribution is -0.124. The summed E-state index contributed by atoms with van der Waals surface area (Å²) in [6.07, 6.45) is 0.0544. The average Bonchev–Trinajstić information content (AvgIpc) is 2.53. The summed E-state index contributed by atoms with van der Waals surface area (Å²) in [5.41, 5.74) is 0. The Morgan fingerprint density at radius 1 is 1.93 bits per heavy atom. The number of ether oxygens (including phenoxy) is 1. The Balaban J connectivity index is 2.28. The zero-order chi connectivity index (χ0) is 10.6. The number of oxime groups is 1. The van der Waals surface area contributed by atoms with Crippen LogP contribution in [0.2, 0.25) is 0 Å². The molecule has 1 N–H and O–H groups in total. The molecule has 0 radical (unpaired) electrons. The average molecular weight is 218 g/mol. The number of carbonyl (C=O) groups is 1. The van der Waals surface area contributed by atoms with Crippen molar-refractivity contribution in [2.75, 3.05) is 6.61 Å². The summed E-state index contributed by atoms with van der Waals surface area (Å²) in [7, 11) is 0. The molecule has 1 aliphatic heterocycles. The highest BCUT2D eigenvalue weighted by atomic mass is 32.1. The zero-order valence-electron chi connectivity index (χ0n) is 8.19. The van der Waals surface area contributed by atoms with Gasteiger partial charge in [0.25, 0.3) is 0 Å². The summed E-state index contributed by atoms with van der Waals surface area (Å²) in [6, 6.07) is 0. The number of nitrogens with zero attached hydrogens (tertiary/aromatic N) is 1. The second-order valence-corrected chi connectivity index (χ2v) is 3.68. The van der Waals surface area contributed by atoms with Crippen LogP contribution in [0.5, 0.6) is 0 Å². The van der Waals surface area contributed by atoms with Gasteiger partial charge in [0, 0.05) is 0 Å². The molecule has 0 spiro atoms. The molecule has 1 aliphatic rings. The van der Waals surface area contributed by atoms with E-state index in [9.17, 15) is 4.79 Å². The largest absolute Gasteiger partial charge is 0.479 e. The van der Waals surface area contributed by atoms with E-state index in [1.165, 1.54) is 0 Å². The third-order valence-corrected chi connectivity index (χ3v) is 1.87. The van der Waals surface area contributed by atoms with Crippen LogP contribution >= 0.6 is 12.6 Å². The molecule has 0 aromatic heterocycles. The minimum absolute atomic E-state index is 0.175. The van der Waals surface area contributed by atoms with Crippen molar-refractivity contribution in [1.82, 2.24) is 5.32 Å². The summed E-state index contributed by atoms with van der Waals surface area (Å²) in [6.45, 7) is 4.10. The van der Waals surface area contributed by atoms with Crippen LogP contribution in [0.15, 0.2) is 5.16 Å². The van der Waals surface area contributed by atoms with Crippen molar-refractivity contribution < 1.29 is 14.4 Å². The molecule has 1 amide bonds. The smallest absolute Gasteiger partial charge is 0.235 e. The fourth-order valence-electron chi connectivity index (χ4n) is 0.964. The first-order valence-corrected chi connectivity index (χ1v) is 4.99. The van der Waals surface area contributed by atoms with Crippen LogP contribution in [0.25, 0.3) is 0 Å². The molecule has 6 heteroatoms. The predicted octanol–water partition coefficient (Wildman–Crippen LogP) is 0.517. The number of carbonyl (C=O) groups excluding carboxylic acids is 1. The maximum absolute atomic E-state index is 11.2. The molecule has 5 nitrogen and oxygen atoms in total. The molecule has 0 saturated carbocycles. The minimum atomic E-state index is -0.418. The highest BCUT2D eigenvalue weighted by Gasteiger charge is 2.24. The molecule has 14 heavy (non-hydrogen) atoms. The molecule has 0 bridgehead atoms. The van der Waals surface area contributed by atoms with Crippen LogP contribution in [0.1, 0.15) is 20.3 Å². The van der Waals surface area contributed by atoms with Crippen LogP contribution < -0.4 is 5.32 Å². The van der Waals surface area contributed by atoms with Gasteiger partial charge in [0.1, 0.15) is 0 Å². The number of thiol groups is 1. The van der Waals surface area contributed by atoms with Crippen molar-refractivity contribution in [2.24, 2.45) is 5.16 Å². The standard InChI is InChI=1S/C8H14N2O3S/c1-3-12-7-4-6(13-10-7)9-8(11)5(2)14/h5-6,14H,3-4H2,1-2H3,(H,9,11)/t5?,6-/m1/s1. The van der Waals surface area contributed by atoms with E-state index in [-0.39, 0.29) is 11.2 Å². The number of amides is 1. The van der Waals surface area contributed by atoms with Crippen LogP contribution in [0, 0.1) is 0 Å². The summed E-state index contributed by atoms with van der Waals surface area (Å²) < 4.78 is 5.13. The maximum atomic E-state index is 11.2. The SMILES string of the molecule is CCOC1=NO[C@@H](NC(=O)C(C)S)C1. The Hall–Kier alpha value is -0.910. The summed E-state index contributed by atoms with van der Waals surface area (Å²) >= 11 is 3.99. The van der Waals surface area contributed by atoms with Crippen LogP contribution in [0.3, 0.4) is 0 Å². The van der Waals surface area contributed by atoms with Gasteiger partial charge < -0.3 is 14.9 Å². The predicted molar refractivity (Wildman–Crippen MR) is 55.1 cm³/mol. The van der Waals surface area contributed by atoms with Gasteiger partial charge in [0.15, 0.2) is 0 Å². The van der Waals surface area contributed by atoms with Gasteiger partial charge in [-0.3, -0.25) is 4.79 Å². The molecule has 80 valence electrons. The van der Waals surface area contributed by atoms with Gasteiger partial charge in [-0.2, -0.15) is 12.6 Å². The molecule has 0 aromatic rings. The van der Waals surface area contributed by atoms with Gasteiger partial charge in [-0.1, -0.05) is 0 Å². The zero-order valence-corrected chi connectivity index (χ0v) is 9.08. The molecule has 0 aromatic carbocycles. The topological polar surface area (TPSA) is 59.9 Å². The maximum Gasteiger partial charge on any atom is 0.235 e. The van der Waals surface area contributed by atoms with Crippen molar-refractivity contribution in [3.8, 4) is 0 Å². The third kappa shape index (κ3) is 3.10. The molecule has 1 heterocycles. The first-order chi connectivity index (χ1) is 6.63. The monoisotopic (exact) mass is 218 g/mol. The van der Waals surface area contributed by atoms with E-state index in [1.807, 2.05) is 6.92 Å². The number of hydrogen-bond acceptors (Lipinski definition) is 5. The Morgan fingerprint density at radius 2 is 2.64 bits per heavy atom. The van der Waals surface area contributed by atoms with E-state index in [2.05, 4.69) is 23.1 Å². The molecule has 1 rings (SSSR count). The van der Waals surface area contributed by atoms with E-state index in [4.69, 9.17) is 9.57 Å². The quantitative estimate of drug-likeness (QED) is 0.679. The Kier molecular flexibility index (Phi) is 4.06. The molecule has 0 fully saturated rings. The van der Waals surface area contributed by atoms with Gasteiger partial charge in [0.2, 0.25) is 18.0 Å². The van der Waals surface area contributed by atoms with Crippen LogP contribution in [0.4, 0.5) is 0 Å². The highest BCUT2D eigenvalue weighted by molar-refractivity contribution is 7.81.